The molecule has 0 spiro atoms. The third kappa shape index (κ3) is 3.38. The molecule has 0 bridgehead atoms. The Bertz CT molecular complexity index is 1070. The van der Waals surface area contributed by atoms with Crippen molar-refractivity contribution in [3.8, 4) is 0 Å². The smallest absolute Gasteiger partial charge is 0.123 e. The van der Waals surface area contributed by atoms with Crippen molar-refractivity contribution >= 4 is 10.8 Å². The van der Waals surface area contributed by atoms with Gasteiger partial charge in [-0.3, -0.25) is 4.98 Å². The first-order chi connectivity index (χ1) is 12.6. The maximum atomic E-state index is 13.2. The number of nitrogens with zero attached hydrogens (tertiary/aromatic N) is 1. The molecule has 0 fully saturated rings. The van der Waals surface area contributed by atoms with E-state index in [-0.39, 0.29) is 7.24 Å². The molecule has 3 heteroatoms. The average molecular weight is 346 g/mol. The fraction of sp³-hybridized carbons (Fsp3) is 0.174. The Balaban J connectivity index is 0.00000210. The van der Waals surface area contributed by atoms with Gasteiger partial charge in [-0.15, -0.1) is 0 Å². The lowest BCUT2D eigenvalue weighted by molar-refractivity contribution is 0.627. The average Bonchev–Trinajstić information content (AvgIpc) is 2.94. The second-order valence-corrected chi connectivity index (χ2v) is 6.86. The van der Waals surface area contributed by atoms with Crippen molar-refractivity contribution in [2.24, 2.45) is 0 Å². The number of hydrogen-bond donors (Lipinski definition) is 1. The van der Waals surface area contributed by atoms with E-state index in [0.29, 0.717) is 6.42 Å². The molecule has 2 aromatic carbocycles. The molecular formula is C23H23FN2. The van der Waals surface area contributed by atoms with E-state index in [1.54, 1.807) is 0 Å². The normalized spacial score (nSPS) is 11.2. The number of aryl methyl sites for hydroxylation is 2. The maximum Gasteiger partial charge on any atom is 0.123 e. The van der Waals surface area contributed by atoms with Crippen LogP contribution < -0.4 is 0 Å². The molecular weight excluding hydrogens is 323 g/mol. The van der Waals surface area contributed by atoms with Crippen molar-refractivity contribution in [2.75, 3.05) is 0 Å². The molecule has 0 aliphatic carbocycles. The highest BCUT2D eigenvalue weighted by molar-refractivity contribution is 5.85. The van der Waals surface area contributed by atoms with Crippen LogP contribution in [0, 0.1) is 19.7 Å². The van der Waals surface area contributed by atoms with Gasteiger partial charge in [0.2, 0.25) is 0 Å². The van der Waals surface area contributed by atoms with Gasteiger partial charge in [0.25, 0.3) is 0 Å². The summed E-state index contributed by atoms with van der Waals surface area (Å²) in [5.41, 5.74) is 6.80. The topological polar surface area (TPSA) is 28.7 Å². The van der Waals surface area contributed by atoms with Gasteiger partial charge in [0.1, 0.15) is 5.82 Å². The number of fused-ring (bicyclic) bond motifs is 1. The second-order valence-electron chi connectivity index (χ2n) is 6.86. The summed E-state index contributed by atoms with van der Waals surface area (Å²) in [7, 11) is 0. The Labute approximate surface area is 154 Å². The van der Waals surface area contributed by atoms with Gasteiger partial charge in [-0.25, -0.2) is 4.39 Å². The molecule has 1 N–H and O–H groups in total. The predicted molar refractivity (Wildman–Crippen MR) is 106 cm³/mol. The molecule has 2 nitrogen and oxygen atoms in total. The third-order valence-electron chi connectivity index (χ3n) is 4.79. The minimum Gasteiger partial charge on any atom is -0.362 e. The first kappa shape index (κ1) is 16.5. The van der Waals surface area contributed by atoms with Gasteiger partial charge in [-0.05, 0) is 54.6 Å². The summed E-state index contributed by atoms with van der Waals surface area (Å²) in [4.78, 5) is 8.33. The molecule has 0 atom stereocenters. The summed E-state index contributed by atoms with van der Waals surface area (Å²) in [6.45, 7) is 4.18. The number of pyridine rings is 1. The lowest BCUT2D eigenvalue weighted by Crippen LogP contribution is -2.00. The zero-order valence-corrected chi connectivity index (χ0v) is 15.0. The van der Waals surface area contributed by atoms with E-state index >= 15 is 0 Å². The van der Waals surface area contributed by atoms with Crippen molar-refractivity contribution < 1.29 is 5.82 Å². The number of aromatic amines is 1. The van der Waals surface area contributed by atoms with Crippen molar-refractivity contribution in [1.82, 2.24) is 9.97 Å². The summed E-state index contributed by atoms with van der Waals surface area (Å²) < 4.78 is 13.2. The minimum atomic E-state index is -0.209. The number of aromatic nitrogens is 2. The highest BCUT2D eigenvalue weighted by atomic mass is 19.1. The van der Waals surface area contributed by atoms with Crippen LogP contribution in [0.15, 0.2) is 60.7 Å². The van der Waals surface area contributed by atoms with Crippen LogP contribution in [-0.4, -0.2) is 9.97 Å². The molecule has 26 heavy (non-hydrogen) atoms. The lowest BCUT2D eigenvalue weighted by atomic mass is 10.0. The standard InChI is InChI=1S/C23H21FN2.H2/c1-15-11-19(16(2)25-15)14-23-22-6-4-3-5-18(22)13-21(26-23)12-17-7-9-20(24)10-8-17;/h3-11,13,25H,12,14H2,1-2H3;1H. The van der Waals surface area contributed by atoms with Crippen LogP contribution in [0.3, 0.4) is 0 Å². The van der Waals surface area contributed by atoms with Crippen LogP contribution in [0.25, 0.3) is 10.8 Å². The molecule has 0 amide bonds. The van der Waals surface area contributed by atoms with Crippen LogP contribution in [0.1, 0.15) is 35.3 Å². The Morgan fingerprint density at radius 1 is 0.962 bits per heavy atom. The van der Waals surface area contributed by atoms with Crippen LogP contribution in [0.4, 0.5) is 4.39 Å². The summed E-state index contributed by atoms with van der Waals surface area (Å²) in [6.07, 6.45) is 1.50. The number of rotatable bonds is 4. The number of halogens is 1. The van der Waals surface area contributed by atoms with E-state index in [2.05, 4.69) is 55.2 Å². The van der Waals surface area contributed by atoms with Gasteiger partial charge in [-0.2, -0.15) is 0 Å². The van der Waals surface area contributed by atoms with Gasteiger partial charge >= 0.3 is 0 Å². The molecule has 0 unspecified atom stereocenters. The van der Waals surface area contributed by atoms with Gasteiger partial charge in [0, 0.05) is 36.7 Å². The van der Waals surface area contributed by atoms with Crippen LogP contribution >= 0.6 is 0 Å². The Morgan fingerprint density at radius 3 is 2.46 bits per heavy atom. The zero-order chi connectivity index (χ0) is 18.1. The number of H-pyrrole nitrogens is 1. The molecule has 0 aliphatic rings. The van der Waals surface area contributed by atoms with Crippen molar-refractivity contribution in [1.29, 1.82) is 0 Å². The van der Waals surface area contributed by atoms with Gasteiger partial charge in [0.15, 0.2) is 0 Å². The minimum absolute atomic E-state index is 0. The highest BCUT2D eigenvalue weighted by Gasteiger charge is 2.10. The summed E-state index contributed by atoms with van der Waals surface area (Å²) in [6, 6.07) is 19.4. The predicted octanol–water partition coefficient (Wildman–Crippen LogP) is 5.75. The zero-order valence-electron chi connectivity index (χ0n) is 15.0. The number of hydrogen-bond acceptors (Lipinski definition) is 1. The van der Waals surface area contributed by atoms with Crippen molar-refractivity contribution in [2.45, 2.75) is 26.7 Å². The largest absolute Gasteiger partial charge is 0.362 e. The Hall–Kier alpha value is -2.94. The molecule has 2 aromatic heterocycles. The van der Waals surface area contributed by atoms with Crippen molar-refractivity contribution in [3.05, 3.63) is 100 Å². The fourth-order valence-electron chi connectivity index (χ4n) is 3.51. The van der Waals surface area contributed by atoms with E-state index in [4.69, 9.17) is 4.98 Å². The molecule has 2 heterocycles. The quantitative estimate of drug-likeness (QED) is 0.501. The molecule has 0 saturated carbocycles. The summed E-state index contributed by atoms with van der Waals surface area (Å²) in [5, 5.41) is 2.38. The molecule has 0 saturated heterocycles. The van der Waals surface area contributed by atoms with E-state index in [0.717, 1.165) is 23.4 Å². The van der Waals surface area contributed by atoms with E-state index in [9.17, 15) is 4.39 Å². The van der Waals surface area contributed by atoms with E-state index in [1.807, 2.05) is 12.1 Å². The highest BCUT2D eigenvalue weighted by Crippen LogP contribution is 2.24. The molecule has 0 radical (unpaired) electrons. The van der Waals surface area contributed by atoms with E-state index in [1.165, 1.54) is 39.9 Å². The van der Waals surface area contributed by atoms with Gasteiger partial charge in [0.05, 0.1) is 5.69 Å². The maximum absolute atomic E-state index is 13.2. The Morgan fingerprint density at radius 2 is 1.73 bits per heavy atom. The SMILES string of the molecule is Cc1cc(Cc2nc(Cc3ccc(F)cc3)cc3ccccc23)c(C)[nH]1.[HH]. The third-order valence-corrected chi connectivity index (χ3v) is 4.79. The van der Waals surface area contributed by atoms with Crippen molar-refractivity contribution in [3.63, 3.8) is 0 Å². The lowest BCUT2D eigenvalue weighted by Gasteiger charge is -2.10. The monoisotopic (exact) mass is 346 g/mol. The van der Waals surface area contributed by atoms with Crippen LogP contribution in [0.2, 0.25) is 0 Å². The van der Waals surface area contributed by atoms with E-state index < -0.39 is 0 Å². The summed E-state index contributed by atoms with van der Waals surface area (Å²) >= 11 is 0. The van der Waals surface area contributed by atoms with Crippen LogP contribution in [0.5, 0.6) is 0 Å². The number of nitrogens with one attached hydrogen (secondary N) is 1. The Kier molecular flexibility index (Phi) is 4.29. The summed E-state index contributed by atoms with van der Waals surface area (Å²) in [5.74, 6) is -0.209. The molecule has 132 valence electrons. The molecule has 0 aliphatic heterocycles. The molecule has 4 aromatic rings. The van der Waals surface area contributed by atoms with Gasteiger partial charge in [-0.1, -0.05) is 36.4 Å². The van der Waals surface area contributed by atoms with Crippen LogP contribution in [-0.2, 0) is 12.8 Å². The fourth-order valence-corrected chi connectivity index (χ4v) is 3.51. The second kappa shape index (κ2) is 6.75. The first-order valence-electron chi connectivity index (χ1n) is 8.85. The van der Waals surface area contributed by atoms with Gasteiger partial charge < -0.3 is 4.98 Å². The first-order valence-corrected chi connectivity index (χ1v) is 8.85. The molecule has 4 rings (SSSR count). The number of benzene rings is 2.